The average Bonchev–Trinajstić information content (AvgIpc) is 3.42. The van der Waals surface area contributed by atoms with Crippen LogP contribution >= 0.6 is 0 Å². The summed E-state index contributed by atoms with van der Waals surface area (Å²) in [6.07, 6.45) is 3.86. The topological polar surface area (TPSA) is 32.8 Å². The SMILES string of the molecule is COC1C(=O)N(CC2CC2)C12CCN(Cc1ccc(F)c(F)c1)CC2. The third-order valence-electron chi connectivity index (χ3n) is 6.00. The zero-order valence-electron chi connectivity index (χ0n) is 14.5. The highest BCUT2D eigenvalue weighted by Crippen LogP contribution is 2.45. The molecule has 1 saturated carbocycles. The Balaban J connectivity index is 1.40. The maximum Gasteiger partial charge on any atom is 0.254 e. The fourth-order valence-corrected chi connectivity index (χ4v) is 4.34. The number of benzene rings is 1. The average molecular weight is 350 g/mol. The predicted molar refractivity (Wildman–Crippen MR) is 88.8 cm³/mol. The normalized spacial score (nSPS) is 26.1. The van der Waals surface area contributed by atoms with Gasteiger partial charge < -0.3 is 9.64 Å². The van der Waals surface area contributed by atoms with Crippen LogP contribution < -0.4 is 0 Å². The van der Waals surface area contributed by atoms with Crippen LogP contribution in [0.2, 0.25) is 0 Å². The van der Waals surface area contributed by atoms with E-state index in [0.717, 1.165) is 38.0 Å². The van der Waals surface area contributed by atoms with Gasteiger partial charge in [0, 0.05) is 33.3 Å². The monoisotopic (exact) mass is 350 g/mol. The van der Waals surface area contributed by atoms with Crippen LogP contribution in [0.4, 0.5) is 8.78 Å². The van der Waals surface area contributed by atoms with Crippen LogP contribution in [0.15, 0.2) is 18.2 Å². The fraction of sp³-hybridized carbons (Fsp3) is 0.632. The van der Waals surface area contributed by atoms with Gasteiger partial charge in [-0.05, 0) is 49.3 Å². The maximum absolute atomic E-state index is 13.4. The highest BCUT2D eigenvalue weighted by Gasteiger charge is 2.61. The van der Waals surface area contributed by atoms with Crippen molar-refractivity contribution in [3.05, 3.63) is 35.4 Å². The molecule has 0 N–H and O–H groups in total. The number of ether oxygens (including phenoxy) is 1. The summed E-state index contributed by atoms with van der Waals surface area (Å²) in [7, 11) is 1.62. The van der Waals surface area contributed by atoms with Gasteiger partial charge in [-0.15, -0.1) is 0 Å². The molecule has 0 aromatic heterocycles. The molecule has 0 radical (unpaired) electrons. The number of carbonyl (C=O) groups is 1. The first-order valence-electron chi connectivity index (χ1n) is 9.04. The van der Waals surface area contributed by atoms with E-state index < -0.39 is 11.6 Å². The molecule has 2 saturated heterocycles. The molecule has 1 aromatic carbocycles. The summed E-state index contributed by atoms with van der Waals surface area (Å²) in [6, 6.07) is 4.08. The third kappa shape index (κ3) is 2.95. The maximum atomic E-state index is 13.4. The van der Waals surface area contributed by atoms with Crippen LogP contribution in [0.5, 0.6) is 0 Å². The summed E-state index contributed by atoms with van der Waals surface area (Å²) >= 11 is 0. The first-order valence-corrected chi connectivity index (χ1v) is 9.04. The van der Waals surface area contributed by atoms with Crippen molar-refractivity contribution in [2.45, 2.75) is 43.9 Å². The van der Waals surface area contributed by atoms with Crippen LogP contribution in [0.3, 0.4) is 0 Å². The lowest BCUT2D eigenvalue weighted by Crippen LogP contribution is -2.77. The number of hydrogen-bond donors (Lipinski definition) is 0. The third-order valence-corrected chi connectivity index (χ3v) is 6.00. The molecule has 2 heterocycles. The Morgan fingerprint density at radius 1 is 1.20 bits per heavy atom. The Kier molecular flexibility index (Phi) is 4.28. The number of methoxy groups -OCH3 is 1. The van der Waals surface area contributed by atoms with Crippen molar-refractivity contribution < 1.29 is 18.3 Å². The van der Waals surface area contributed by atoms with Gasteiger partial charge in [-0.25, -0.2) is 8.78 Å². The van der Waals surface area contributed by atoms with Crippen molar-refractivity contribution >= 4 is 5.91 Å². The second kappa shape index (κ2) is 6.32. The largest absolute Gasteiger partial charge is 0.369 e. The van der Waals surface area contributed by atoms with Gasteiger partial charge in [-0.2, -0.15) is 0 Å². The fourth-order valence-electron chi connectivity index (χ4n) is 4.34. The van der Waals surface area contributed by atoms with Crippen LogP contribution in [-0.4, -0.2) is 54.1 Å². The molecule has 1 spiro atoms. The van der Waals surface area contributed by atoms with Crippen LogP contribution in [0.1, 0.15) is 31.2 Å². The molecular formula is C19H24F2N2O2. The van der Waals surface area contributed by atoms with Crippen LogP contribution in [0, 0.1) is 17.6 Å². The standard InChI is InChI=1S/C19H24F2N2O2/c1-25-17-18(24)23(12-13-2-3-13)19(17)6-8-22(9-7-19)11-14-4-5-15(20)16(21)10-14/h4-5,10,13,17H,2-3,6-9,11-12H2,1H3. The van der Waals surface area contributed by atoms with Crippen molar-refractivity contribution in [2.24, 2.45) is 5.92 Å². The summed E-state index contributed by atoms with van der Waals surface area (Å²) in [4.78, 5) is 16.7. The molecule has 3 aliphatic rings. The van der Waals surface area contributed by atoms with Crippen molar-refractivity contribution in [3.8, 4) is 0 Å². The zero-order valence-corrected chi connectivity index (χ0v) is 14.5. The number of rotatable bonds is 5. The molecule has 136 valence electrons. The highest BCUT2D eigenvalue weighted by molar-refractivity contribution is 5.90. The van der Waals surface area contributed by atoms with Gasteiger partial charge in [-0.3, -0.25) is 9.69 Å². The number of amides is 1. The second-order valence-corrected chi connectivity index (χ2v) is 7.64. The van der Waals surface area contributed by atoms with E-state index in [2.05, 4.69) is 4.90 Å². The molecule has 4 rings (SSSR count). The van der Waals surface area contributed by atoms with Crippen molar-refractivity contribution in [1.29, 1.82) is 0 Å². The molecule has 1 amide bonds. The lowest BCUT2D eigenvalue weighted by molar-refractivity contribution is -0.199. The lowest BCUT2D eigenvalue weighted by Gasteiger charge is -2.60. The van der Waals surface area contributed by atoms with E-state index in [0.29, 0.717) is 12.5 Å². The van der Waals surface area contributed by atoms with Crippen molar-refractivity contribution in [2.75, 3.05) is 26.7 Å². The quantitative estimate of drug-likeness (QED) is 0.765. The van der Waals surface area contributed by atoms with Gasteiger partial charge in [0.1, 0.15) is 0 Å². The van der Waals surface area contributed by atoms with E-state index in [1.807, 2.05) is 4.90 Å². The van der Waals surface area contributed by atoms with Gasteiger partial charge in [0.2, 0.25) is 0 Å². The summed E-state index contributed by atoms with van der Waals surface area (Å²) in [5.41, 5.74) is 0.608. The van der Waals surface area contributed by atoms with Crippen LogP contribution in [-0.2, 0) is 16.1 Å². The first kappa shape index (κ1) is 16.9. The number of nitrogens with zero attached hydrogens (tertiary/aromatic N) is 2. The van der Waals surface area contributed by atoms with Gasteiger partial charge in [0.25, 0.3) is 5.91 Å². The predicted octanol–water partition coefficient (Wildman–Crippen LogP) is 2.57. The molecular weight excluding hydrogens is 326 g/mol. The molecule has 4 nitrogen and oxygen atoms in total. The molecule has 3 fully saturated rings. The van der Waals surface area contributed by atoms with E-state index >= 15 is 0 Å². The summed E-state index contributed by atoms with van der Waals surface area (Å²) in [5, 5.41) is 0. The minimum Gasteiger partial charge on any atom is -0.369 e. The molecule has 2 aliphatic heterocycles. The number of β-lactam (4-membered cyclic amide) rings is 1. The molecule has 6 heteroatoms. The smallest absolute Gasteiger partial charge is 0.254 e. The van der Waals surface area contributed by atoms with E-state index in [4.69, 9.17) is 4.74 Å². The number of halogens is 2. The van der Waals surface area contributed by atoms with Gasteiger partial charge >= 0.3 is 0 Å². The molecule has 0 bridgehead atoms. The van der Waals surface area contributed by atoms with Gasteiger partial charge in [0.05, 0.1) is 5.54 Å². The van der Waals surface area contributed by atoms with E-state index in [1.165, 1.54) is 25.0 Å². The van der Waals surface area contributed by atoms with E-state index in [9.17, 15) is 13.6 Å². The molecule has 25 heavy (non-hydrogen) atoms. The second-order valence-electron chi connectivity index (χ2n) is 7.64. The molecule has 1 atom stereocenters. The molecule has 1 aliphatic carbocycles. The Morgan fingerprint density at radius 2 is 1.92 bits per heavy atom. The Labute approximate surface area is 146 Å². The molecule has 1 aromatic rings. The number of piperidine rings is 1. The number of likely N-dealkylation sites (tertiary alicyclic amines) is 2. The van der Waals surface area contributed by atoms with Crippen molar-refractivity contribution in [3.63, 3.8) is 0 Å². The van der Waals surface area contributed by atoms with Crippen LogP contribution in [0.25, 0.3) is 0 Å². The lowest BCUT2D eigenvalue weighted by atomic mass is 9.72. The Hall–Kier alpha value is -1.53. The Morgan fingerprint density at radius 3 is 2.52 bits per heavy atom. The van der Waals surface area contributed by atoms with Crippen molar-refractivity contribution in [1.82, 2.24) is 9.80 Å². The number of hydrogen-bond acceptors (Lipinski definition) is 3. The van der Waals surface area contributed by atoms with Gasteiger partial charge in [-0.1, -0.05) is 6.07 Å². The summed E-state index contributed by atoms with van der Waals surface area (Å²) in [6.45, 7) is 3.12. The minimum absolute atomic E-state index is 0.128. The van der Waals surface area contributed by atoms with E-state index in [1.54, 1.807) is 13.2 Å². The summed E-state index contributed by atoms with van der Waals surface area (Å²) < 4.78 is 32.0. The first-order chi connectivity index (χ1) is 12.0. The van der Waals surface area contributed by atoms with Gasteiger partial charge in [0.15, 0.2) is 17.7 Å². The van der Waals surface area contributed by atoms with E-state index in [-0.39, 0.29) is 17.6 Å². The molecule has 1 unspecified atom stereocenters. The zero-order chi connectivity index (χ0) is 17.6. The minimum atomic E-state index is -0.812. The number of carbonyl (C=O) groups excluding carboxylic acids is 1. The highest BCUT2D eigenvalue weighted by atomic mass is 19.2. The summed E-state index contributed by atoms with van der Waals surface area (Å²) in [5.74, 6) is -0.819. The Bertz CT molecular complexity index is 669.